The van der Waals surface area contributed by atoms with Gasteiger partial charge in [-0.05, 0) is 42.5 Å². The first-order chi connectivity index (χ1) is 6.36. The number of thiophene rings is 1. The maximum atomic E-state index is 4.43. The van der Waals surface area contributed by atoms with Crippen LogP contribution in [-0.2, 0) is 19.3 Å². The second-order valence-corrected chi connectivity index (χ2v) is 4.75. The molecule has 1 heterocycles. The van der Waals surface area contributed by atoms with Crippen molar-refractivity contribution in [3.05, 3.63) is 20.6 Å². The van der Waals surface area contributed by atoms with Crippen molar-refractivity contribution in [1.29, 1.82) is 0 Å². The number of rotatable bonds is 2. The van der Waals surface area contributed by atoms with E-state index in [4.69, 9.17) is 0 Å². The summed E-state index contributed by atoms with van der Waals surface area (Å²) < 4.78 is 0. The molecule has 0 N–H and O–H groups in total. The van der Waals surface area contributed by atoms with E-state index in [1.807, 2.05) is 18.4 Å². The smallest absolute Gasteiger partial charge is 0.686 e. The molecule has 1 aromatic heterocycles. The fraction of sp³-hybridized carbons (Fsp3) is 0.636. The normalized spacial score (nSPS) is 14.4. The second-order valence-electron chi connectivity index (χ2n) is 3.56. The monoisotopic (exact) mass is 233 g/mol. The average molecular weight is 233 g/mol. The summed E-state index contributed by atoms with van der Waals surface area (Å²) in [5, 5.41) is 4.43. The van der Waals surface area contributed by atoms with Crippen molar-refractivity contribution >= 4 is 17.0 Å². The molecule has 3 heteroatoms. The minimum atomic E-state index is 0. The van der Waals surface area contributed by atoms with Gasteiger partial charge >= 0.3 is 51.4 Å². The van der Waals surface area contributed by atoms with E-state index in [1.165, 1.54) is 36.2 Å². The minimum Gasteiger partial charge on any atom is -0.686 e. The third-order valence-corrected chi connectivity index (χ3v) is 4.18. The van der Waals surface area contributed by atoms with E-state index in [2.05, 4.69) is 12.2 Å². The van der Waals surface area contributed by atoms with Crippen molar-refractivity contribution in [3.63, 3.8) is 0 Å². The van der Waals surface area contributed by atoms with Crippen molar-refractivity contribution in [2.75, 3.05) is 7.05 Å². The van der Waals surface area contributed by atoms with Gasteiger partial charge in [0, 0.05) is 4.88 Å². The molecule has 0 atom stereocenters. The van der Waals surface area contributed by atoms with Crippen LogP contribution in [0.2, 0.25) is 0 Å². The topological polar surface area (TPSA) is 14.1 Å². The van der Waals surface area contributed by atoms with E-state index in [0.29, 0.717) is 0 Å². The summed E-state index contributed by atoms with van der Waals surface area (Å²) in [4.78, 5) is 3.11. The summed E-state index contributed by atoms with van der Waals surface area (Å²) >= 11 is 1.99. The third kappa shape index (κ3) is 2.44. The molecule has 1 aliphatic carbocycles. The molecule has 0 saturated heterocycles. The molecule has 0 spiro atoms. The first kappa shape index (κ1) is 13.2. The third-order valence-electron chi connectivity index (χ3n) is 2.76. The zero-order valence-electron chi connectivity index (χ0n) is 9.39. The standard InChI is InChI=1S/C11H16NS.K/c1-3-9-11(12-2)8-6-4-5-7-10(8)13-9;/h3-7H2,1-2H3;/q-1;+1. The maximum absolute atomic E-state index is 4.43. The Kier molecular flexibility index (Phi) is 5.67. The van der Waals surface area contributed by atoms with Gasteiger partial charge in [0.2, 0.25) is 0 Å². The van der Waals surface area contributed by atoms with E-state index >= 15 is 0 Å². The molecule has 72 valence electrons. The summed E-state index contributed by atoms with van der Waals surface area (Å²) in [6.45, 7) is 2.23. The number of hydrogen-bond acceptors (Lipinski definition) is 1. The summed E-state index contributed by atoms with van der Waals surface area (Å²) in [7, 11) is 1.93. The fourth-order valence-corrected chi connectivity index (χ4v) is 3.43. The first-order valence-electron chi connectivity index (χ1n) is 5.10. The van der Waals surface area contributed by atoms with E-state index in [0.717, 1.165) is 6.42 Å². The van der Waals surface area contributed by atoms with Crippen LogP contribution in [0.25, 0.3) is 5.32 Å². The van der Waals surface area contributed by atoms with Crippen molar-refractivity contribution in [2.45, 2.75) is 39.0 Å². The Hall–Kier alpha value is 1.14. The van der Waals surface area contributed by atoms with Gasteiger partial charge in [-0.3, -0.25) is 0 Å². The molecular weight excluding hydrogens is 217 g/mol. The van der Waals surface area contributed by atoms with Gasteiger partial charge < -0.3 is 5.32 Å². The summed E-state index contributed by atoms with van der Waals surface area (Å²) in [5.74, 6) is 0. The van der Waals surface area contributed by atoms with Crippen molar-refractivity contribution in [3.8, 4) is 0 Å². The van der Waals surface area contributed by atoms with E-state index in [-0.39, 0.29) is 51.4 Å². The number of nitrogens with zero attached hydrogens (tertiary/aromatic N) is 1. The van der Waals surface area contributed by atoms with Gasteiger partial charge in [-0.15, -0.1) is 24.1 Å². The van der Waals surface area contributed by atoms with Crippen LogP contribution >= 0.6 is 11.3 Å². The van der Waals surface area contributed by atoms with Crippen LogP contribution in [-0.4, -0.2) is 7.05 Å². The Bertz CT molecular complexity index is 296. The SMILES string of the molecule is CCc1sc2c(c1[N-]C)CCCC2.[K+]. The van der Waals surface area contributed by atoms with Gasteiger partial charge in [0.15, 0.2) is 0 Å². The van der Waals surface area contributed by atoms with E-state index in [9.17, 15) is 0 Å². The Morgan fingerprint density at radius 3 is 2.64 bits per heavy atom. The minimum absolute atomic E-state index is 0. The molecule has 0 aliphatic heterocycles. The van der Waals surface area contributed by atoms with Crippen LogP contribution in [0.5, 0.6) is 0 Å². The van der Waals surface area contributed by atoms with Gasteiger partial charge in [0.1, 0.15) is 0 Å². The van der Waals surface area contributed by atoms with Crippen molar-refractivity contribution < 1.29 is 51.4 Å². The maximum Gasteiger partial charge on any atom is 1.00 e. The molecule has 0 bridgehead atoms. The quantitative estimate of drug-likeness (QED) is 0.672. The summed E-state index contributed by atoms with van der Waals surface area (Å²) in [6.07, 6.45) is 6.43. The van der Waals surface area contributed by atoms with Crippen LogP contribution in [0.4, 0.5) is 5.69 Å². The largest absolute Gasteiger partial charge is 1.00 e. The molecule has 0 radical (unpaired) electrons. The predicted molar refractivity (Wildman–Crippen MR) is 59.3 cm³/mol. The van der Waals surface area contributed by atoms with E-state index in [1.54, 1.807) is 10.4 Å². The molecule has 0 amide bonds. The molecule has 0 fully saturated rings. The molecule has 2 rings (SSSR count). The Morgan fingerprint density at radius 1 is 1.29 bits per heavy atom. The Labute approximate surface area is 133 Å². The van der Waals surface area contributed by atoms with Gasteiger partial charge in [0.25, 0.3) is 0 Å². The fourth-order valence-electron chi connectivity index (χ4n) is 2.11. The summed E-state index contributed by atoms with van der Waals surface area (Å²) in [5.41, 5.74) is 2.89. The van der Waals surface area contributed by atoms with Crippen LogP contribution in [0.3, 0.4) is 0 Å². The van der Waals surface area contributed by atoms with Crippen molar-refractivity contribution in [2.24, 2.45) is 0 Å². The molecule has 1 aromatic rings. The molecule has 14 heavy (non-hydrogen) atoms. The molecule has 0 unspecified atom stereocenters. The molecule has 1 nitrogen and oxygen atoms in total. The van der Waals surface area contributed by atoms with Crippen LogP contribution in [0, 0.1) is 0 Å². The van der Waals surface area contributed by atoms with Gasteiger partial charge in [-0.2, -0.15) is 0 Å². The van der Waals surface area contributed by atoms with Crippen LogP contribution in [0.15, 0.2) is 0 Å². The Morgan fingerprint density at radius 2 is 2.00 bits per heavy atom. The van der Waals surface area contributed by atoms with Gasteiger partial charge in [-0.1, -0.05) is 6.92 Å². The number of hydrogen-bond donors (Lipinski definition) is 0. The van der Waals surface area contributed by atoms with Crippen molar-refractivity contribution in [1.82, 2.24) is 0 Å². The number of fused-ring (bicyclic) bond motifs is 1. The van der Waals surface area contributed by atoms with Gasteiger partial charge in [-0.25, -0.2) is 0 Å². The molecule has 1 aliphatic rings. The number of aryl methyl sites for hydroxylation is 2. The zero-order chi connectivity index (χ0) is 9.26. The average Bonchev–Trinajstić information content (AvgIpc) is 2.55. The predicted octanol–water partition coefficient (Wildman–Crippen LogP) is 0.828. The molecule has 0 aromatic carbocycles. The van der Waals surface area contributed by atoms with Crippen LogP contribution in [0.1, 0.15) is 35.1 Å². The molecule has 0 saturated carbocycles. The zero-order valence-corrected chi connectivity index (χ0v) is 13.3. The Balaban J connectivity index is 0.000000980. The second kappa shape index (κ2) is 6.02. The van der Waals surface area contributed by atoms with E-state index < -0.39 is 0 Å². The van der Waals surface area contributed by atoms with Gasteiger partial charge in [0.05, 0.1) is 0 Å². The van der Waals surface area contributed by atoms with Crippen LogP contribution < -0.4 is 51.4 Å². The molecular formula is C11H16KNS. The summed E-state index contributed by atoms with van der Waals surface area (Å²) in [6, 6.07) is 0. The first-order valence-corrected chi connectivity index (χ1v) is 5.91.